The number of rotatable bonds is 10. The standard InChI is InChI=1S/C35H37Cl2N5O5S/c1-21(43)19-42-14-15-48(45,46)30-16-22(6-7-24(30)20-42)34-33(37)27(12-13-39-34)26-4-3-5-28(32(26)36)29-10-8-23(35(41-29)47-2)17-38-18-25-9-11-31(44)40-25/h3-8,10,12-13,16,21,25,38,43H,9,11,14-15,17-20H2,1-2H3,(H,40,44)/t21-,25+/m0/s1. The highest BCUT2D eigenvalue weighted by Crippen LogP contribution is 2.42. The summed E-state index contributed by atoms with van der Waals surface area (Å²) in [5, 5.41) is 17.0. The average molecular weight is 711 g/mol. The van der Waals surface area contributed by atoms with E-state index in [2.05, 4.69) is 15.6 Å². The first-order chi connectivity index (χ1) is 23.0. The van der Waals surface area contributed by atoms with Crippen molar-refractivity contribution in [2.45, 2.75) is 49.9 Å². The number of fused-ring (bicyclic) bond motifs is 1. The minimum Gasteiger partial charge on any atom is -0.481 e. The molecule has 3 N–H and O–H groups in total. The van der Waals surface area contributed by atoms with Gasteiger partial charge in [-0.25, -0.2) is 13.4 Å². The first-order valence-corrected chi connectivity index (χ1v) is 18.2. The zero-order chi connectivity index (χ0) is 34.0. The normalized spacial score (nSPS) is 18.2. The quantitative estimate of drug-likeness (QED) is 0.205. The van der Waals surface area contributed by atoms with Gasteiger partial charge < -0.3 is 20.5 Å². The number of nitrogens with one attached hydrogen (secondary N) is 2. The number of sulfone groups is 1. The molecule has 1 fully saturated rings. The molecule has 0 radical (unpaired) electrons. The number of carbonyl (C=O) groups is 1. The Bertz CT molecular complexity index is 1960. The Balaban J connectivity index is 1.28. The van der Waals surface area contributed by atoms with E-state index >= 15 is 0 Å². The zero-order valence-electron chi connectivity index (χ0n) is 26.7. The lowest BCUT2D eigenvalue weighted by molar-refractivity contribution is -0.119. The number of β-amino-alcohol motifs (C(OH)–C–C–N with tert-alkyl or cyclic N) is 1. The average Bonchev–Trinajstić information content (AvgIpc) is 3.43. The Labute approximate surface area is 290 Å². The van der Waals surface area contributed by atoms with Gasteiger partial charge in [-0.2, -0.15) is 0 Å². The number of hydrogen-bond donors (Lipinski definition) is 3. The van der Waals surface area contributed by atoms with E-state index in [1.165, 1.54) is 0 Å². The smallest absolute Gasteiger partial charge is 0.220 e. The minimum absolute atomic E-state index is 0.0454. The number of carbonyl (C=O) groups excluding carboxylic acids is 1. The molecule has 0 unspecified atom stereocenters. The molecule has 4 heterocycles. The van der Waals surface area contributed by atoms with Gasteiger partial charge in [0, 0.05) is 79.2 Å². The molecule has 2 aromatic carbocycles. The SMILES string of the molecule is COc1nc(-c2cccc(-c3ccnc(-c4ccc5c(c4)S(=O)(=O)CCN(C[C@H](C)O)C5)c3Cl)c2Cl)ccc1CNC[C@H]1CCC(=O)N1. The molecule has 13 heteroatoms. The van der Waals surface area contributed by atoms with Gasteiger partial charge in [-0.1, -0.05) is 59.6 Å². The molecule has 2 aliphatic heterocycles. The molecule has 0 aliphatic carbocycles. The van der Waals surface area contributed by atoms with Crippen LogP contribution in [0, 0.1) is 0 Å². The second kappa shape index (κ2) is 14.5. The van der Waals surface area contributed by atoms with Crippen LogP contribution in [-0.4, -0.2) is 78.9 Å². The predicted octanol–water partition coefficient (Wildman–Crippen LogP) is 5.13. The van der Waals surface area contributed by atoms with E-state index in [1.54, 1.807) is 38.4 Å². The van der Waals surface area contributed by atoms with E-state index in [0.29, 0.717) is 94.3 Å². The molecule has 1 amide bonds. The topological polar surface area (TPSA) is 134 Å². The van der Waals surface area contributed by atoms with Crippen LogP contribution >= 0.6 is 23.2 Å². The molecule has 2 atom stereocenters. The van der Waals surface area contributed by atoms with Gasteiger partial charge in [0.15, 0.2) is 9.84 Å². The third-order valence-electron chi connectivity index (χ3n) is 8.65. The lowest BCUT2D eigenvalue weighted by Crippen LogP contribution is -2.35. The highest BCUT2D eigenvalue weighted by atomic mass is 35.5. The Hall–Kier alpha value is -3.58. The van der Waals surface area contributed by atoms with Crippen LogP contribution in [0.5, 0.6) is 5.88 Å². The van der Waals surface area contributed by atoms with Crippen LogP contribution in [0.2, 0.25) is 10.0 Å². The van der Waals surface area contributed by atoms with Gasteiger partial charge in [0.1, 0.15) is 0 Å². The number of hydrogen-bond acceptors (Lipinski definition) is 9. The van der Waals surface area contributed by atoms with Crippen molar-refractivity contribution in [2.75, 3.05) is 32.5 Å². The molecule has 2 aliphatic rings. The largest absolute Gasteiger partial charge is 0.481 e. The first-order valence-electron chi connectivity index (χ1n) is 15.8. The predicted molar refractivity (Wildman–Crippen MR) is 187 cm³/mol. The van der Waals surface area contributed by atoms with Crippen molar-refractivity contribution < 1.29 is 23.1 Å². The van der Waals surface area contributed by atoms with Gasteiger partial charge in [-0.3, -0.25) is 14.7 Å². The molecule has 1 saturated heterocycles. The summed E-state index contributed by atoms with van der Waals surface area (Å²) in [5.41, 5.74) is 5.18. The molecule has 2 aromatic heterocycles. The number of amides is 1. The molecular formula is C35H37Cl2N5O5S. The first kappa shape index (κ1) is 34.3. The van der Waals surface area contributed by atoms with Crippen molar-refractivity contribution >= 4 is 38.9 Å². The monoisotopic (exact) mass is 709 g/mol. The highest BCUT2D eigenvalue weighted by molar-refractivity contribution is 7.91. The van der Waals surface area contributed by atoms with Crippen LogP contribution in [0.1, 0.15) is 30.9 Å². The van der Waals surface area contributed by atoms with E-state index in [0.717, 1.165) is 12.0 Å². The molecule has 10 nitrogen and oxygen atoms in total. The number of benzene rings is 2. The van der Waals surface area contributed by atoms with Crippen molar-refractivity contribution in [3.05, 3.63) is 82.0 Å². The molecule has 6 rings (SSSR count). The molecule has 48 heavy (non-hydrogen) atoms. The van der Waals surface area contributed by atoms with Crippen molar-refractivity contribution in [1.29, 1.82) is 0 Å². The molecule has 0 saturated carbocycles. The fourth-order valence-corrected chi connectivity index (χ4v) is 8.47. The maximum atomic E-state index is 13.3. The lowest BCUT2D eigenvalue weighted by Gasteiger charge is -2.21. The van der Waals surface area contributed by atoms with E-state index in [9.17, 15) is 18.3 Å². The maximum absolute atomic E-state index is 13.3. The number of aliphatic hydroxyl groups excluding tert-OH is 1. The number of methoxy groups -OCH3 is 1. The second-order valence-electron chi connectivity index (χ2n) is 12.2. The maximum Gasteiger partial charge on any atom is 0.220 e. The van der Waals surface area contributed by atoms with Crippen LogP contribution in [0.25, 0.3) is 33.6 Å². The van der Waals surface area contributed by atoms with Gasteiger partial charge in [0.05, 0.1) is 45.3 Å². The number of halogens is 2. The van der Waals surface area contributed by atoms with Gasteiger partial charge in [0.2, 0.25) is 11.8 Å². The summed E-state index contributed by atoms with van der Waals surface area (Å²) in [6.45, 7) is 4.01. The fourth-order valence-electron chi connectivity index (χ4n) is 6.26. The van der Waals surface area contributed by atoms with Crippen LogP contribution in [0.15, 0.2) is 65.7 Å². The van der Waals surface area contributed by atoms with E-state index in [1.807, 2.05) is 41.3 Å². The Morgan fingerprint density at radius 3 is 2.65 bits per heavy atom. The highest BCUT2D eigenvalue weighted by Gasteiger charge is 2.27. The van der Waals surface area contributed by atoms with Crippen molar-refractivity contribution in [3.63, 3.8) is 0 Å². The number of aromatic nitrogens is 2. The Morgan fingerprint density at radius 2 is 1.90 bits per heavy atom. The summed E-state index contributed by atoms with van der Waals surface area (Å²) in [6.07, 6.45) is 2.44. The van der Waals surface area contributed by atoms with Crippen molar-refractivity contribution in [2.24, 2.45) is 0 Å². The molecule has 252 valence electrons. The van der Waals surface area contributed by atoms with E-state index < -0.39 is 15.9 Å². The lowest BCUT2D eigenvalue weighted by atomic mass is 9.99. The molecule has 0 spiro atoms. The van der Waals surface area contributed by atoms with Crippen molar-refractivity contribution in [1.82, 2.24) is 25.5 Å². The summed E-state index contributed by atoms with van der Waals surface area (Å²) in [4.78, 5) is 23.0. The molecular weight excluding hydrogens is 673 g/mol. The number of pyridine rings is 2. The summed E-state index contributed by atoms with van der Waals surface area (Å²) in [7, 11) is -2.00. The summed E-state index contributed by atoms with van der Waals surface area (Å²) in [5.74, 6) is 0.504. The third kappa shape index (κ3) is 7.36. The number of nitrogens with zero attached hydrogens (tertiary/aromatic N) is 3. The van der Waals surface area contributed by atoms with Gasteiger partial charge in [0.25, 0.3) is 0 Å². The third-order valence-corrected chi connectivity index (χ3v) is 11.2. The Morgan fingerprint density at radius 1 is 1.10 bits per heavy atom. The van der Waals surface area contributed by atoms with Crippen LogP contribution in [0.3, 0.4) is 0 Å². The molecule has 4 aromatic rings. The van der Waals surface area contributed by atoms with Gasteiger partial charge in [-0.15, -0.1) is 0 Å². The Kier molecular flexibility index (Phi) is 10.4. The van der Waals surface area contributed by atoms with E-state index in [-0.39, 0.29) is 22.6 Å². The number of aliphatic hydroxyl groups is 1. The van der Waals surface area contributed by atoms with Crippen LogP contribution in [0.4, 0.5) is 0 Å². The van der Waals surface area contributed by atoms with Gasteiger partial charge in [-0.05, 0) is 37.1 Å². The minimum atomic E-state index is -3.57. The summed E-state index contributed by atoms with van der Waals surface area (Å²) in [6, 6.07) is 16.6. The summed E-state index contributed by atoms with van der Waals surface area (Å²) < 4.78 is 32.2. The fraction of sp³-hybridized carbons (Fsp3) is 0.343. The molecule has 0 bridgehead atoms. The second-order valence-corrected chi connectivity index (χ2v) is 15.0. The number of ether oxygens (including phenoxy) is 1. The zero-order valence-corrected chi connectivity index (χ0v) is 29.0. The van der Waals surface area contributed by atoms with E-state index in [4.69, 9.17) is 32.9 Å². The van der Waals surface area contributed by atoms with Crippen molar-refractivity contribution in [3.8, 4) is 39.5 Å². The van der Waals surface area contributed by atoms with Crippen LogP contribution < -0.4 is 15.4 Å². The van der Waals surface area contributed by atoms with Gasteiger partial charge >= 0.3 is 0 Å². The summed E-state index contributed by atoms with van der Waals surface area (Å²) >= 11 is 14.1. The van der Waals surface area contributed by atoms with Crippen LogP contribution in [-0.2, 0) is 27.7 Å².